The summed E-state index contributed by atoms with van der Waals surface area (Å²) in [5.41, 5.74) is 0. The molecule has 2 heterocycles. The van der Waals surface area contributed by atoms with Gasteiger partial charge < -0.3 is 14.7 Å². The fourth-order valence-corrected chi connectivity index (χ4v) is 2.36. The summed E-state index contributed by atoms with van der Waals surface area (Å²) < 4.78 is 5.24. The number of methoxy groups -OCH3 is 1. The molecule has 0 bridgehead atoms. The van der Waals surface area contributed by atoms with Gasteiger partial charge in [0.15, 0.2) is 16.7 Å². The molecule has 17 heavy (non-hydrogen) atoms. The molecule has 6 heteroatoms. The Hall–Kier alpha value is -1.07. The second-order valence-corrected chi connectivity index (χ2v) is 4.52. The maximum atomic E-state index is 9.22. The van der Waals surface area contributed by atoms with Crippen LogP contribution in [-0.2, 0) is 0 Å². The number of halogens is 1. The molecule has 2 rings (SSSR count). The maximum absolute atomic E-state index is 9.22. The third kappa shape index (κ3) is 2.61. The summed E-state index contributed by atoms with van der Waals surface area (Å²) >= 11 is 5.97. The van der Waals surface area contributed by atoms with Crippen LogP contribution in [0.5, 0.6) is 5.75 Å². The smallest absolute Gasteiger partial charge is 0.199 e. The highest BCUT2D eigenvalue weighted by Gasteiger charge is 2.24. The van der Waals surface area contributed by atoms with Gasteiger partial charge in [-0.3, -0.25) is 0 Å². The largest absolute Gasteiger partial charge is 0.490 e. The van der Waals surface area contributed by atoms with Gasteiger partial charge in [-0.25, -0.2) is 9.97 Å². The van der Waals surface area contributed by atoms with Gasteiger partial charge in [-0.1, -0.05) is 11.6 Å². The Labute approximate surface area is 105 Å². The zero-order chi connectivity index (χ0) is 12.3. The van der Waals surface area contributed by atoms with Gasteiger partial charge in [0.25, 0.3) is 0 Å². The topological polar surface area (TPSA) is 58.5 Å². The third-order valence-electron chi connectivity index (χ3n) is 3.02. The Bertz CT molecular complexity index is 389. The molecule has 1 aromatic heterocycles. The van der Waals surface area contributed by atoms with Crippen LogP contribution >= 0.6 is 11.6 Å². The van der Waals surface area contributed by atoms with Gasteiger partial charge in [-0.15, -0.1) is 0 Å². The number of rotatable bonds is 3. The van der Waals surface area contributed by atoms with Crippen molar-refractivity contribution < 1.29 is 9.84 Å². The molecule has 0 aliphatic carbocycles. The minimum Gasteiger partial charge on any atom is -0.490 e. The molecule has 0 saturated carbocycles. The first-order valence-corrected chi connectivity index (χ1v) is 6.04. The van der Waals surface area contributed by atoms with Crippen LogP contribution in [0.1, 0.15) is 12.8 Å². The fraction of sp³-hybridized carbons (Fsp3) is 0.636. The molecule has 94 valence electrons. The van der Waals surface area contributed by atoms with Crippen LogP contribution in [0.3, 0.4) is 0 Å². The number of nitrogens with zero attached hydrogens (tertiary/aromatic N) is 3. The lowest BCUT2D eigenvalue weighted by molar-refractivity contribution is 0.208. The summed E-state index contributed by atoms with van der Waals surface area (Å²) in [6, 6.07) is 0. The molecular weight excluding hydrogens is 242 g/mol. The fourth-order valence-electron chi connectivity index (χ4n) is 2.15. The SMILES string of the molecule is COc1c(Cl)ncnc1N1CCCC(CO)C1. The van der Waals surface area contributed by atoms with E-state index in [1.54, 1.807) is 7.11 Å². The van der Waals surface area contributed by atoms with Crippen molar-refractivity contribution in [3.63, 3.8) is 0 Å². The van der Waals surface area contributed by atoms with Gasteiger partial charge in [0, 0.05) is 19.7 Å². The van der Waals surface area contributed by atoms with Crippen molar-refractivity contribution in [1.29, 1.82) is 0 Å². The molecule has 1 unspecified atom stereocenters. The number of ether oxygens (including phenoxy) is 1. The average Bonchev–Trinajstić information content (AvgIpc) is 2.38. The molecule has 1 aliphatic rings. The Morgan fingerprint density at radius 3 is 3.12 bits per heavy atom. The first-order chi connectivity index (χ1) is 8.26. The second-order valence-electron chi connectivity index (χ2n) is 4.16. The second kappa shape index (κ2) is 5.51. The summed E-state index contributed by atoms with van der Waals surface area (Å²) in [4.78, 5) is 10.2. The average molecular weight is 258 g/mol. The first kappa shape index (κ1) is 12.4. The normalized spacial score (nSPS) is 20.4. The highest BCUT2D eigenvalue weighted by molar-refractivity contribution is 6.31. The summed E-state index contributed by atoms with van der Waals surface area (Å²) in [5.74, 6) is 1.51. The number of anilines is 1. The van der Waals surface area contributed by atoms with E-state index in [1.165, 1.54) is 6.33 Å². The molecule has 1 saturated heterocycles. The van der Waals surface area contributed by atoms with Gasteiger partial charge in [0.05, 0.1) is 7.11 Å². The molecule has 1 N–H and O–H groups in total. The van der Waals surface area contributed by atoms with Gasteiger partial charge in [-0.2, -0.15) is 0 Å². The lowest BCUT2D eigenvalue weighted by Crippen LogP contribution is -2.37. The highest BCUT2D eigenvalue weighted by atomic mass is 35.5. The standard InChI is InChI=1S/C11H16ClN3O2/c1-17-9-10(12)13-7-14-11(9)15-4-2-3-8(5-15)6-16/h7-8,16H,2-6H2,1H3. The van der Waals surface area contributed by atoms with Crippen molar-refractivity contribution in [2.45, 2.75) is 12.8 Å². The molecule has 0 spiro atoms. The van der Waals surface area contributed by atoms with E-state index in [0.717, 1.165) is 25.9 Å². The lowest BCUT2D eigenvalue weighted by Gasteiger charge is -2.33. The van der Waals surface area contributed by atoms with Crippen molar-refractivity contribution in [3.05, 3.63) is 11.5 Å². The van der Waals surface area contributed by atoms with Gasteiger partial charge in [0.2, 0.25) is 0 Å². The van der Waals surface area contributed by atoms with Crippen LogP contribution in [0, 0.1) is 5.92 Å². The quantitative estimate of drug-likeness (QED) is 0.829. The van der Waals surface area contributed by atoms with Gasteiger partial charge in [-0.05, 0) is 18.8 Å². The van der Waals surface area contributed by atoms with E-state index in [9.17, 15) is 5.11 Å². The molecule has 0 aromatic carbocycles. The van der Waals surface area contributed by atoms with E-state index in [1.807, 2.05) is 0 Å². The molecule has 1 aromatic rings. The van der Waals surface area contributed by atoms with Crippen molar-refractivity contribution in [3.8, 4) is 5.75 Å². The lowest BCUT2D eigenvalue weighted by atomic mass is 9.99. The van der Waals surface area contributed by atoms with E-state index in [-0.39, 0.29) is 6.61 Å². The Balaban J connectivity index is 2.24. The number of aliphatic hydroxyl groups excluding tert-OH is 1. The Morgan fingerprint density at radius 2 is 2.41 bits per heavy atom. The summed E-state index contributed by atoms with van der Waals surface area (Å²) in [6.45, 7) is 1.89. The maximum Gasteiger partial charge on any atom is 0.199 e. The van der Waals surface area contributed by atoms with E-state index in [0.29, 0.717) is 22.6 Å². The third-order valence-corrected chi connectivity index (χ3v) is 3.29. The molecule has 0 amide bonds. The van der Waals surface area contributed by atoms with Gasteiger partial charge in [0.1, 0.15) is 6.33 Å². The van der Waals surface area contributed by atoms with E-state index in [2.05, 4.69) is 14.9 Å². The van der Waals surface area contributed by atoms with Crippen molar-refractivity contribution in [2.24, 2.45) is 5.92 Å². The van der Waals surface area contributed by atoms with E-state index in [4.69, 9.17) is 16.3 Å². The van der Waals surface area contributed by atoms with E-state index < -0.39 is 0 Å². The number of hydrogen-bond donors (Lipinski definition) is 1. The predicted molar refractivity (Wildman–Crippen MR) is 65.6 cm³/mol. The predicted octanol–water partition coefficient (Wildman–Crippen LogP) is 1.35. The Kier molecular flexibility index (Phi) is 4.02. The number of hydrogen-bond acceptors (Lipinski definition) is 5. The van der Waals surface area contributed by atoms with Crippen LogP contribution in [-0.4, -0.2) is 41.9 Å². The molecule has 1 fully saturated rings. The molecule has 0 radical (unpaired) electrons. The highest BCUT2D eigenvalue weighted by Crippen LogP contribution is 2.33. The summed E-state index contributed by atoms with van der Waals surface area (Å²) in [6.07, 6.45) is 3.52. The van der Waals surface area contributed by atoms with Crippen molar-refractivity contribution >= 4 is 17.4 Å². The first-order valence-electron chi connectivity index (χ1n) is 5.66. The molecule has 5 nitrogen and oxygen atoms in total. The van der Waals surface area contributed by atoms with Crippen LogP contribution in [0.15, 0.2) is 6.33 Å². The monoisotopic (exact) mass is 257 g/mol. The van der Waals surface area contributed by atoms with Crippen LogP contribution in [0.2, 0.25) is 5.15 Å². The van der Waals surface area contributed by atoms with Crippen LogP contribution < -0.4 is 9.64 Å². The molecular formula is C11H16ClN3O2. The molecule has 1 atom stereocenters. The Morgan fingerprint density at radius 1 is 1.59 bits per heavy atom. The minimum atomic E-state index is 0.206. The van der Waals surface area contributed by atoms with Crippen LogP contribution in [0.25, 0.3) is 0 Å². The minimum absolute atomic E-state index is 0.206. The summed E-state index contributed by atoms with van der Waals surface area (Å²) in [5, 5.41) is 9.54. The van der Waals surface area contributed by atoms with Crippen molar-refractivity contribution in [2.75, 3.05) is 31.7 Å². The molecule has 1 aliphatic heterocycles. The van der Waals surface area contributed by atoms with Crippen molar-refractivity contribution in [1.82, 2.24) is 9.97 Å². The number of piperidine rings is 1. The summed E-state index contributed by atoms with van der Waals surface area (Å²) in [7, 11) is 1.56. The van der Waals surface area contributed by atoms with Crippen LogP contribution in [0.4, 0.5) is 5.82 Å². The number of aromatic nitrogens is 2. The zero-order valence-electron chi connectivity index (χ0n) is 9.77. The van der Waals surface area contributed by atoms with E-state index >= 15 is 0 Å². The number of aliphatic hydroxyl groups is 1. The zero-order valence-corrected chi connectivity index (χ0v) is 10.5. The van der Waals surface area contributed by atoms with Gasteiger partial charge >= 0.3 is 0 Å².